The van der Waals surface area contributed by atoms with Gasteiger partial charge < -0.3 is 0 Å². The molecule has 2 aromatic rings. The monoisotopic (exact) mass is 330 g/mol. The summed E-state index contributed by atoms with van der Waals surface area (Å²) in [7, 11) is -3.37. The lowest BCUT2D eigenvalue weighted by Crippen LogP contribution is -2.25. The normalized spacial score (nSPS) is 11.9. The second kappa shape index (κ2) is 6.34. The van der Waals surface area contributed by atoms with E-state index in [0.717, 1.165) is 26.9 Å². The van der Waals surface area contributed by atoms with E-state index >= 15 is 0 Å². The molecule has 0 saturated carbocycles. The minimum absolute atomic E-state index is 0.395. The number of thiazole rings is 1. The Morgan fingerprint density at radius 2 is 2.00 bits per heavy atom. The summed E-state index contributed by atoms with van der Waals surface area (Å²) >= 11 is 2.96. The summed E-state index contributed by atoms with van der Waals surface area (Å²) in [5, 5.41) is 1.02. The standard InChI is InChI=1S/C13H18N2O2S3/c1-4-11-5-6-13(19-11)20(16,17)14-8-7-12-9(2)15-10(3)18-12/h5-6,14H,4,7-8H2,1-3H3. The van der Waals surface area contributed by atoms with Gasteiger partial charge in [-0.3, -0.25) is 0 Å². The van der Waals surface area contributed by atoms with Gasteiger partial charge in [-0.2, -0.15) is 0 Å². The lowest BCUT2D eigenvalue weighted by atomic mass is 10.3. The molecule has 0 aromatic carbocycles. The largest absolute Gasteiger partial charge is 0.250 e. The molecule has 2 aromatic heterocycles. The average molecular weight is 330 g/mol. The fourth-order valence-corrected chi connectivity index (χ4v) is 5.18. The van der Waals surface area contributed by atoms with Crippen molar-refractivity contribution in [2.75, 3.05) is 6.54 Å². The third-order valence-electron chi connectivity index (χ3n) is 2.89. The Morgan fingerprint density at radius 1 is 1.25 bits per heavy atom. The van der Waals surface area contributed by atoms with Crippen molar-refractivity contribution in [2.45, 2.75) is 37.8 Å². The van der Waals surface area contributed by atoms with E-state index in [1.807, 2.05) is 26.8 Å². The van der Waals surface area contributed by atoms with Crippen LogP contribution < -0.4 is 4.72 Å². The molecule has 20 heavy (non-hydrogen) atoms. The maximum atomic E-state index is 12.1. The first kappa shape index (κ1) is 15.6. The van der Waals surface area contributed by atoms with Crippen LogP contribution in [0.25, 0.3) is 0 Å². The van der Waals surface area contributed by atoms with Gasteiger partial charge in [0.25, 0.3) is 0 Å². The second-order valence-corrected chi connectivity index (χ2v) is 8.91. The van der Waals surface area contributed by atoms with Gasteiger partial charge in [0, 0.05) is 16.3 Å². The Kier molecular flexibility index (Phi) is 4.95. The van der Waals surface area contributed by atoms with Gasteiger partial charge in [-0.1, -0.05) is 6.92 Å². The van der Waals surface area contributed by atoms with Crippen molar-refractivity contribution in [1.29, 1.82) is 0 Å². The van der Waals surface area contributed by atoms with Crippen LogP contribution in [0.5, 0.6) is 0 Å². The Morgan fingerprint density at radius 3 is 2.55 bits per heavy atom. The van der Waals surface area contributed by atoms with Crippen LogP contribution in [0.1, 0.15) is 27.4 Å². The fraction of sp³-hybridized carbons (Fsp3) is 0.462. The lowest BCUT2D eigenvalue weighted by molar-refractivity contribution is 0.584. The van der Waals surface area contributed by atoms with Crippen LogP contribution in [0.2, 0.25) is 0 Å². The van der Waals surface area contributed by atoms with Gasteiger partial charge in [-0.25, -0.2) is 18.1 Å². The molecular weight excluding hydrogens is 312 g/mol. The topological polar surface area (TPSA) is 59.1 Å². The molecular formula is C13H18N2O2S3. The van der Waals surface area contributed by atoms with Crippen LogP contribution in [0.4, 0.5) is 0 Å². The summed E-state index contributed by atoms with van der Waals surface area (Å²) in [4.78, 5) is 6.57. The number of sulfonamides is 1. The van der Waals surface area contributed by atoms with Gasteiger partial charge in [-0.15, -0.1) is 22.7 Å². The number of nitrogens with one attached hydrogen (secondary N) is 1. The highest BCUT2D eigenvalue weighted by Gasteiger charge is 2.16. The Labute approximate surface area is 127 Å². The van der Waals surface area contributed by atoms with Gasteiger partial charge in [0.1, 0.15) is 4.21 Å². The predicted molar refractivity (Wildman–Crippen MR) is 84.2 cm³/mol. The van der Waals surface area contributed by atoms with Crippen molar-refractivity contribution in [3.05, 3.63) is 32.6 Å². The first-order chi connectivity index (χ1) is 9.42. The zero-order valence-corrected chi connectivity index (χ0v) is 14.2. The first-order valence-corrected chi connectivity index (χ1v) is 9.55. The lowest BCUT2D eigenvalue weighted by Gasteiger charge is -2.04. The molecule has 0 saturated heterocycles. The van der Waals surface area contributed by atoms with E-state index in [4.69, 9.17) is 0 Å². The first-order valence-electron chi connectivity index (χ1n) is 6.43. The van der Waals surface area contributed by atoms with Crippen molar-refractivity contribution in [3.8, 4) is 0 Å². The zero-order valence-electron chi connectivity index (χ0n) is 11.8. The molecule has 4 nitrogen and oxygen atoms in total. The SMILES string of the molecule is CCc1ccc(S(=O)(=O)NCCc2sc(C)nc2C)s1. The molecule has 0 aliphatic carbocycles. The summed E-state index contributed by atoms with van der Waals surface area (Å²) < 4.78 is 27.3. The summed E-state index contributed by atoms with van der Waals surface area (Å²) in [6.45, 7) is 6.35. The van der Waals surface area contributed by atoms with Crippen molar-refractivity contribution < 1.29 is 8.42 Å². The summed E-state index contributed by atoms with van der Waals surface area (Å²) in [5.41, 5.74) is 0.996. The highest BCUT2D eigenvalue weighted by molar-refractivity contribution is 7.91. The van der Waals surface area contributed by atoms with Crippen molar-refractivity contribution in [2.24, 2.45) is 0 Å². The van der Waals surface area contributed by atoms with E-state index in [1.54, 1.807) is 17.4 Å². The van der Waals surface area contributed by atoms with Crippen LogP contribution in [-0.4, -0.2) is 19.9 Å². The predicted octanol–water partition coefficient (Wildman–Crippen LogP) is 2.90. The number of aryl methyl sites for hydroxylation is 3. The second-order valence-electron chi connectivity index (χ2n) is 4.46. The Hall–Kier alpha value is -0.760. The van der Waals surface area contributed by atoms with Gasteiger partial charge in [-0.05, 0) is 38.8 Å². The number of nitrogens with zero attached hydrogens (tertiary/aromatic N) is 1. The summed E-state index contributed by atoms with van der Waals surface area (Å²) in [5.74, 6) is 0. The third kappa shape index (κ3) is 3.66. The summed E-state index contributed by atoms with van der Waals surface area (Å²) in [6, 6.07) is 3.55. The Balaban J connectivity index is 1.97. The van der Waals surface area contributed by atoms with Gasteiger partial charge in [0.15, 0.2) is 0 Å². The molecule has 0 atom stereocenters. The van der Waals surface area contributed by atoms with Crippen molar-refractivity contribution >= 4 is 32.7 Å². The summed E-state index contributed by atoms with van der Waals surface area (Å²) in [6.07, 6.45) is 1.54. The fourth-order valence-electron chi connectivity index (χ4n) is 1.87. The third-order valence-corrected chi connectivity index (χ3v) is 7.21. The number of thiophene rings is 1. The van der Waals surface area contributed by atoms with Crippen LogP contribution in [-0.2, 0) is 22.9 Å². The van der Waals surface area contributed by atoms with Gasteiger partial charge in [0.2, 0.25) is 10.0 Å². The molecule has 0 bridgehead atoms. The zero-order chi connectivity index (χ0) is 14.8. The molecule has 0 fully saturated rings. The molecule has 0 aliphatic rings. The van der Waals surface area contributed by atoms with Crippen molar-refractivity contribution in [1.82, 2.24) is 9.71 Å². The smallest absolute Gasteiger partial charge is 0.247 e. The van der Waals surface area contributed by atoms with Crippen LogP contribution in [0, 0.1) is 13.8 Å². The molecule has 2 heterocycles. The van der Waals surface area contributed by atoms with E-state index in [1.165, 1.54) is 11.3 Å². The maximum absolute atomic E-state index is 12.1. The molecule has 7 heteroatoms. The van der Waals surface area contributed by atoms with Crippen LogP contribution >= 0.6 is 22.7 Å². The molecule has 0 spiro atoms. The quantitative estimate of drug-likeness (QED) is 0.886. The molecule has 2 rings (SSSR count). The molecule has 110 valence electrons. The van der Waals surface area contributed by atoms with Gasteiger partial charge >= 0.3 is 0 Å². The Bertz CT molecular complexity index is 686. The van der Waals surface area contributed by atoms with Crippen LogP contribution in [0.15, 0.2) is 16.3 Å². The van der Waals surface area contributed by atoms with E-state index in [9.17, 15) is 8.42 Å². The molecule has 0 amide bonds. The number of aromatic nitrogens is 1. The van der Waals surface area contributed by atoms with E-state index < -0.39 is 10.0 Å². The average Bonchev–Trinajstić information content (AvgIpc) is 2.97. The highest BCUT2D eigenvalue weighted by atomic mass is 32.2. The molecule has 1 N–H and O–H groups in total. The molecule has 0 aliphatic heterocycles. The van der Waals surface area contributed by atoms with E-state index in [2.05, 4.69) is 9.71 Å². The van der Waals surface area contributed by atoms with Gasteiger partial charge in [0.05, 0.1) is 10.7 Å². The highest BCUT2D eigenvalue weighted by Crippen LogP contribution is 2.22. The minimum atomic E-state index is -3.37. The molecule has 0 radical (unpaired) electrons. The van der Waals surface area contributed by atoms with E-state index in [-0.39, 0.29) is 0 Å². The minimum Gasteiger partial charge on any atom is -0.247 e. The van der Waals surface area contributed by atoms with Crippen LogP contribution in [0.3, 0.4) is 0 Å². The van der Waals surface area contributed by atoms with E-state index in [0.29, 0.717) is 17.2 Å². The number of hydrogen-bond donors (Lipinski definition) is 1. The van der Waals surface area contributed by atoms with Crippen molar-refractivity contribution in [3.63, 3.8) is 0 Å². The number of rotatable bonds is 6. The number of hydrogen-bond acceptors (Lipinski definition) is 5. The molecule has 0 unspecified atom stereocenters. The maximum Gasteiger partial charge on any atom is 0.250 e.